The first-order chi connectivity index (χ1) is 24.6. The third-order valence-corrected chi connectivity index (χ3v) is 7.86. The predicted octanol–water partition coefficient (Wildman–Crippen LogP) is -0.147. The van der Waals surface area contributed by atoms with E-state index in [1.807, 2.05) is 0 Å². The van der Waals surface area contributed by atoms with E-state index in [0.717, 1.165) is 0 Å². The summed E-state index contributed by atoms with van der Waals surface area (Å²) in [6.45, 7) is 5.00. The quantitative estimate of drug-likeness (QED) is 0.0252. The Balaban J connectivity index is 1.52. The summed E-state index contributed by atoms with van der Waals surface area (Å²) in [5.41, 5.74) is 9.33. The normalized spacial score (nSPS) is 15.3. The summed E-state index contributed by atoms with van der Waals surface area (Å²) in [5, 5.41) is 47.1. The molecule has 0 radical (unpaired) electrons. The largest absolute Gasteiger partial charge is 0.480 e. The second-order valence-electron chi connectivity index (χ2n) is 11.8. The number of β-amino-alcohol motifs (C(OH)–C–C–N with tert-alkyl or cyclic N) is 2. The van der Waals surface area contributed by atoms with Gasteiger partial charge in [-0.3, -0.25) is 33.9 Å². The second-order valence-corrected chi connectivity index (χ2v) is 11.8. The summed E-state index contributed by atoms with van der Waals surface area (Å²) in [5.74, 6) is -2.60. The molecule has 0 saturated carbocycles. The number of carboxylic acids is 2. The summed E-state index contributed by atoms with van der Waals surface area (Å²) in [6, 6.07) is 5.35. The van der Waals surface area contributed by atoms with E-state index >= 15 is 0 Å². The molecule has 51 heavy (non-hydrogen) atoms. The molecule has 0 bridgehead atoms. The molecule has 6 N–H and O–H groups in total. The third kappa shape index (κ3) is 19.9. The average molecular weight is 725 g/mol. The first-order valence-corrected chi connectivity index (χ1v) is 17.0. The number of aliphatic hydroxyl groups is 2. The number of ether oxygens (including phenoxy) is 3. The number of aliphatic hydroxyl groups excluding tert-OH is 1. The standard InChI is InChI=1S/C32H52N8O11/c33-37-36-26-5-3-25(4-6-26)31(46)35-10-2-18-50-20-22-51-21-19-49-17-1-9-34-28(41)8-7-27(32(47)48)40-15-13-38(23-29(42)43)11-12-39(14-16-40)24-30(44)45/h3-6,27,29,42-43H,1-2,7-24H2,(H,34,41)(H,35,46)(H,44,45)(H,47,48). The van der Waals surface area contributed by atoms with Gasteiger partial charge in [-0.15, -0.1) is 0 Å². The van der Waals surface area contributed by atoms with Gasteiger partial charge in [0.2, 0.25) is 5.91 Å². The fourth-order valence-corrected chi connectivity index (χ4v) is 5.20. The van der Waals surface area contributed by atoms with E-state index in [1.54, 1.807) is 39.0 Å². The van der Waals surface area contributed by atoms with Gasteiger partial charge in [-0.2, -0.15) is 0 Å². The molecule has 1 heterocycles. The number of nitrogens with zero attached hydrogens (tertiary/aromatic N) is 6. The zero-order chi connectivity index (χ0) is 37.3. The van der Waals surface area contributed by atoms with Gasteiger partial charge < -0.3 is 45.3 Å². The molecular weight excluding hydrogens is 672 g/mol. The lowest BCUT2D eigenvalue weighted by molar-refractivity contribution is -0.144. The van der Waals surface area contributed by atoms with Gasteiger partial charge in [0.1, 0.15) is 6.04 Å². The monoisotopic (exact) mass is 724 g/mol. The fourth-order valence-electron chi connectivity index (χ4n) is 5.20. The van der Waals surface area contributed by atoms with Crippen molar-refractivity contribution in [1.82, 2.24) is 25.3 Å². The molecule has 1 saturated heterocycles. The van der Waals surface area contributed by atoms with E-state index in [1.165, 1.54) is 0 Å². The zero-order valence-corrected chi connectivity index (χ0v) is 28.9. The molecule has 1 fully saturated rings. The highest BCUT2D eigenvalue weighted by atomic mass is 16.5. The number of carbonyl (C=O) groups excluding carboxylic acids is 2. The minimum Gasteiger partial charge on any atom is -0.480 e. The minimum absolute atomic E-state index is 0.00752. The number of hydrogen-bond acceptors (Lipinski definition) is 13. The van der Waals surface area contributed by atoms with Gasteiger partial charge in [-0.1, -0.05) is 17.2 Å². The molecule has 286 valence electrons. The molecule has 0 spiro atoms. The SMILES string of the molecule is [N-]=[N+]=Nc1ccc(C(=O)NCCCOCCOCCOCCCNC(=O)CCC(C(=O)O)N2CCN(CC(=O)O)CCN(CC(O)O)CC2)cc1. The number of rotatable bonds is 25. The maximum atomic E-state index is 12.5. The fraction of sp³-hybridized carbons (Fsp3) is 0.688. The molecule has 0 aliphatic carbocycles. The molecule has 1 aliphatic rings. The van der Waals surface area contributed by atoms with Gasteiger partial charge in [0.15, 0.2) is 6.29 Å². The Labute approximate surface area is 297 Å². The molecule has 1 atom stereocenters. The molecule has 1 aromatic carbocycles. The van der Waals surface area contributed by atoms with E-state index < -0.39 is 24.3 Å². The van der Waals surface area contributed by atoms with Crippen LogP contribution in [0.5, 0.6) is 0 Å². The maximum absolute atomic E-state index is 12.5. The van der Waals surface area contributed by atoms with Crippen LogP contribution in [0.1, 0.15) is 36.0 Å². The van der Waals surface area contributed by atoms with Gasteiger partial charge >= 0.3 is 11.9 Å². The summed E-state index contributed by atoms with van der Waals surface area (Å²) in [7, 11) is 0. The molecule has 19 nitrogen and oxygen atoms in total. The highest BCUT2D eigenvalue weighted by Crippen LogP contribution is 2.13. The van der Waals surface area contributed by atoms with E-state index in [2.05, 4.69) is 20.7 Å². The van der Waals surface area contributed by atoms with Crippen LogP contribution >= 0.6 is 0 Å². The van der Waals surface area contributed by atoms with Crippen molar-refractivity contribution in [1.29, 1.82) is 0 Å². The molecule has 0 aromatic heterocycles. The molecule has 2 rings (SSSR count). The first-order valence-electron chi connectivity index (χ1n) is 17.0. The van der Waals surface area contributed by atoms with Crippen LogP contribution in [0.15, 0.2) is 29.4 Å². The van der Waals surface area contributed by atoms with Crippen LogP contribution in [0.2, 0.25) is 0 Å². The molecule has 1 unspecified atom stereocenters. The van der Waals surface area contributed by atoms with Crippen LogP contribution in [0, 0.1) is 0 Å². The van der Waals surface area contributed by atoms with E-state index in [-0.39, 0.29) is 44.3 Å². The molecular formula is C32H52N8O11. The first kappa shape index (κ1) is 43.3. The third-order valence-electron chi connectivity index (χ3n) is 7.86. The summed E-state index contributed by atoms with van der Waals surface area (Å²) >= 11 is 0. The van der Waals surface area contributed by atoms with Crippen LogP contribution in [-0.4, -0.2) is 176 Å². The van der Waals surface area contributed by atoms with Crippen molar-refractivity contribution in [2.24, 2.45) is 5.11 Å². The number of hydrogen-bond donors (Lipinski definition) is 6. The zero-order valence-electron chi connectivity index (χ0n) is 28.9. The van der Waals surface area contributed by atoms with Crippen LogP contribution in [0.3, 0.4) is 0 Å². The Hall–Kier alpha value is -3.91. The number of nitrogens with one attached hydrogen (secondary N) is 2. The van der Waals surface area contributed by atoms with Gasteiger partial charge in [0.25, 0.3) is 5.91 Å². The molecule has 19 heteroatoms. The van der Waals surface area contributed by atoms with E-state index in [9.17, 15) is 39.6 Å². The molecule has 2 amide bonds. The lowest BCUT2D eigenvalue weighted by Gasteiger charge is -2.30. The Morgan fingerprint density at radius 3 is 1.92 bits per heavy atom. The van der Waals surface area contributed by atoms with Gasteiger partial charge in [-0.25, -0.2) is 0 Å². The van der Waals surface area contributed by atoms with Crippen LogP contribution in [-0.2, 0) is 28.6 Å². The van der Waals surface area contributed by atoms with Crippen molar-refractivity contribution in [3.63, 3.8) is 0 Å². The number of azide groups is 1. The molecule has 1 aromatic rings. The van der Waals surface area contributed by atoms with Crippen molar-refractivity contribution in [3.05, 3.63) is 40.3 Å². The number of carboxylic acid groups (broad SMARTS) is 2. The predicted molar refractivity (Wildman–Crippen MR) is 183 cm³/mol. The highest BCUT2D eigenvalue weighted by Gasteiger charge is 2.28. The van der Waals surface area contributed by atoms with Crippen molar-refractivity contribution in [2.45, 2.75) is 38.0 Å². The highest BCUT2D eigenvalue weighted by molar-refractivity contribution is 5.94. The average Bonchev–Trinajstić information content (AvgIpc) is 3.17. The van der Waals surface area contributed by atoms with Crippen LogP contribution in [0.4, 0.5) is 5.69 Å². The van der Waals surface area contributed by atoms with Gasteiger partial charge in [0, 0.05) is 94.7 Å². The van der Waals surface area contributed by atoms with Crippen molar-refractivity contribution in [2.75, 3.05) is 105 Å². The smallest absolute Gasteiger partial charge is 0.320 e. The Morgan fingerprint density at radius 1 is 0.804 bits per heavy atom. The molecule has 1 aliphatic heterocycles. The summed E-state index contributed by atoms with van der Waals surface area (Å²) < 4.78 is 16.5. The Bertz CT molecular complexity index is 1230. The maximum Gasteiger partial charge on any atom is 0.320 e. The van der Waals surface area contributed by atoms with Crippen LogP contribution in [0.25, 0.3) is 10.4 Å². The van der Waals surface area contributed by atoms with Crippen molar-refractivity contribution >= 4 is 29.4 Å². The Morgan fingerprint density at radius 2 is 1.35 bits per heavy atom. The van der Waals surface area contributed by atoms with Crippen molar-refractivity contribution in [3.8, 4) is 0 Å². The Kier molecular flexibility index (Phi) is 22.0. The summed E-state index contributed by atoms with van der Waals surface area (Å²) in [6.07, 6.45) is -0.326. The number of aliphatic carboxylic acids is 2. The number of benzene rings is 1. The number of amides is 2. The van der Waals surface area contributed by atoms with E-state index in [0.29, 0.717) is 110 Å². The lowest BCUT2D eigenvalue weighted by Crippen LogP contribution is -2.47. The topological polar surface area (TPSA) is 259 Å². The van der Waals surface area contributed by atoms with Crippen LogP contribution < -0.4 is 10.6 Å². The van der Waals surface area contributed by atoms with Gasteiger partial charge in [-0.05, 0) is 36.9 Å². The van der Waals surface area contributed by atoms with E-state index in [4.69, 9.17) is 19.7 Å². The second kappa shape index (κ2) is 26.0. The van der Waals surface area contributed by atoms with Gasteiger partial charge in [0.05, 0.1) is 33.0 Å². The summed E-state index contributed by atoms with van der Waals surface area (Å²) in [4.78, 5) is 55.9. The minimum atomic E-state index is -1.58. The van der Waals surface area contributed by atoms with Crippen molar-refractivity contribution < 1.29 is 53.8 Å². The lowest BCUT2D eigenvalue weighted by atomic mass is 10.1. The number of carbonyl (C=O) groups is 4.